The predicted octanol–water partition coefficient (Wildman–Crippen LogP) is 2.46. The fourth-order valence-corrected chi connectivity index (χ4v) is 1.97. The molecule has 1 unspecified atom stereocenters. The van der Waals surface area contributed by atoms with Crippen LogP contribution >= 0.6 is 0 Å². The zero-order valence-corrected chi connectivity index (χ0v) is 10.1. The molecule has 5 nitrogen and oxygen atoms in total. The van der Waals surface area contributed by atoms with Crippen LogP contribution in [0.25, 0.3) is 0 Å². The van der Waals surface area contributed by atoms with Crippen molar-refractivity contribution in [3.8, 4) is 11.5 Å². The van der Waals surface area contributed by atoms with E-state index >= 15 is 0 Å². The largest absolute Gasteiger partial charge is 0.504 e. The quantitative estimate of drug-likeness (QED) is 0.502. The van der Waals surface area contributed by atoms with Crippen molar-refractivity contribution >= 4 is 0 Å². The van der Waals surface area contributed by atoms with E-state index in [-0.39, 0.29) is 28.7 Å². The van der Waals surface area contributed by atoms with Crippen LogP contribution in [0, 0.1) is 0 Å². The van der Waals surface area contributed by atoms with E-state index < -0.39 is 6.04 Å². The molecule has 0 fully saturated rings. The van der Waals surface area contributed by atoms with Crippen LogP contribution in [0.1, 0.15) is 17.2 Å². The van der Waals surface area contributed by atoms with E-state index in [9.17, 15) is 20.6 Å². The average molecular weight is 261 g/mol. The highest BCUT2D eigenvalue weighted by Crippen LogP contribution is 2.35. The van der Waals surface area contributed by atoms with Crippen LogP contribution in [0.15, 0.2) is 48.5 Å². The van der Waals surface area contributed by atoms with Gasteiger partial charge in [0.25, 0.3) is 0 Å². The number of phenols is 2. The van der Waals surface area contributed by atoms with E-state index in [1.54, 1.807) is 0 Å². The molecular formula is C14H15NO4. The number of nitrogens with zero attached hydrogens (tertiary/aromatic N) is 1. The van der Waals surface area contributed by atoms with Crippen LogP contribution in [0.5, 0.6) is 11.5 Å². The maximum absolute atomic E-state index is 9.80. The molecule has 4 N–H and O–H groups in total. The summed E-state index contributed by atoms with van der Waals surface area (Å²) in [6.45, 7) is 0. The van der Waals surface area contributed by atoms with Gasteiger partial charge in [0.1, 0.15) is 0 Å². The fraction of sp³-hybridized carbons (Fsp3) is 0.143. The van der Waals surface area contributed by atoms with Crippen molar-refractivity contribution in [1.82, 2.24) is 5.23 Å². The van der Waals surface area contributed by atoms with Gasteiger partial charge in [-0.05, 0) is 18.1 Å². The minimum absolute atomic E-state index is 0.0431. The van der Waals surface area contributed by atoms with Crippen LogP contribution in [0.4, 0.5) is 0 Å². The molecule has 0 aliphatic heterocycles. The van der Waals surface area contributed by atoms with E-state index in [2.05, 4.69) is 0 Å². The Kier molecular flexibility index (Phi) is 4.01. The molecule has 0 aliphatic rings. The van der Waals surface area contributed by atoms with E-state index in [1.165, 1.54) is 18.2 Å². The fourth-order valence-electron chi connectivity index (χ4n) is 1.97. The van der Waals surface area contributed by atoms with Crippen LogP contribution in [0.3, 0.4) is 0 Å². The standard InChI is InChI=1S/C14H15NO4/c16-13-8-4-7-11(14(13)17)12(15(18)19)9-10-5-2-1-3-6-10/h1-8,12,16-19H,9H2. The number of para-hydroxylation sites is 1. The Labute approximate surface area is 110 Å². The normalized spacial score (nSPS) is 12.6. The summed E-state index contributed by atoms with van der Waals surface area (Å²) >= 11 is 0. The second kappa shape index (κ2) is 5.71. The average Bonchev–Trinajstić information content (AvgIpc) is 2.40. The molecule has 19 heavy (non-hydrogen) atoms. The molecule has 5 heteroatoms. The zero-order valence-electron chi connectivity index (χ0n) is 10.1. The lowest BCUT2D eigenvalue weighted by atomic mass is 9.98. The summed E-state index contributed by atoms with van der Waals surface area (Å²) in [5, 5.41) is 38.0. The molecule has 2 rings (SSSR count). The number of hydrogen-bond acceptors (Lipinski definition) is 5. The van der Waals surface area contributed by atoms with E-state index in [0.29, 0.717) is 0 Å². The van der Waals surface area contributed by atoms with E-state index in [4.69, 9.17) is 0 Å². The number of hydroxylamine groups is 2. The zero-order chi connectivity index (χ0) is 13.8. The Hall–Kier alpha value is -2.08. The molecule has 0 saturated heterocycles. The molecule has 0 amide bonds. The van der Waals surface area contributed by atoms with Gasteiger partial charge in [-0.3, -0.25) is 10.4 Å². The van der Waals surface area contributed by atoms with Crippen molar-refractivity contribution in [3.05, 3.63) is 59.7 Å². The van der Waals surface area contributed by atoms with Crippen molar-refractivity contribution in [2.24, 2.45) is 0 Å². The van der Waals surface area contributed by atoms with Gasteiger partial charge in [0.15, 0.2) is 11.5 Å². The molecule has 2 aromatic rings. The molecule has 0 heterocycles. The van der Waals surface area contributed by atoms with E-state index in [1.807, 2.05) is 30.3 Å². The number of phenolic OH excluding ortho intramolecular Hbond substituents is 2. The van der Waals surface area contributed by atoms with Gasteiger partial charge in [0.2, 0.25) is 0 Å². The van der Waals surface area contributed by atoms with Crippen LogP contribution in [-0.2, 0) is 6.42 Å². The van der Waals surface area contributed by atoms with Crippen LogP contribution in [0.2, 0.25) is 0 Å². The van der Waals surface area contributed by atoms with Gasteiger partial charge in [-0.1, -0.05) is 47.7 Å². The van der Waals surface area contributed by atoms with E-state index in [0.717, 1.165) is 5.56 Å². The van der Waals surface area contributed by atoms with Gasteiger partial charge < -0.3 is 10.2 Å². The molecule has 0 radical (unpaired) electrons. The first-order valence-corrected chi connectivity index (χ1v) is 5.81. The van der Waals surface area contributed by atoms with Gasteiger partial charge in [0.05, 0.1) is 6.04 Å². The number of benzene rings is 2. The Bertz CT molecular complexity index is 542. The molecule has 0 aliphatic carbocycles. The molecule has 0 spiro atoms. The number of aromatic hydroxyl groups is 2. The summed E-state index contributed by atoms with van der Waals surface area (Å²) in [5.74, 6) is -0.644. The Morgan fingerprint density at radius 2 is 1.58 bits per heavy atom. The van der Waals surface area contributed by atoms with Gasteiger partial charge in [-0.2, -0.15) is 0 Å². The van der Waals surface area contributed by atoms with Crippen molar-refractivity contribution < 1.29 is 20.6 Å². The molecule has 2 aromatic carbocycles. The van der Waals surface area contributed by atoms with Crippen LogP contribution < -0.4 is 0 Å². The van der Waals surface area contributed by atoms with Gasteiger partial charge in [-0.25, -0.2) is 0 Å². The van der Waals surface area contributed by atoms with Crippen molar-refractivity contribution in [2.45, 2.75) is 12.5 Å². The monoisotopic (exact) mass is 261 g/mol. The third kappa shape index (κ3) is 3.03. The number of hydrogen-bond donors (Lipinski definition) is 4. The summed E-state index contributed by atoms with van der Waals surface area (Å²) in [6.07, 6.45) is 0.283. The lowest BCUT2D eigenvalue weighted by molar-refractivity contribution is -0.334. The third-order valence-corrected chi connectivity index (χ3v) is 2.96. The molecule has 100 valence electrons. The maximum Gasteiger partial charge on any atom is 0.162 e. The predicted molar refractivity (Wildman–Crippen MR) is 68.1 cm³/mol. The SMILES string of the molecule is Oc1cccc(C(Cc2ccccc2)N(O)O)c1O. The lowest BCUT2D eigenvalue weighted by Crippen LogP contribution is -2.23. The molecule has 0 bridgehead atoms. The highest BCUT2D eigenvalue weighted by atomic mass is 16.8. The molecule has 0 aromatic heterocycles. The second-order valence-corrected chi connectivity index (χ2v) is 4.24. The minimum Gasteiger partial charge on any atom is -0.504 e. The first kappa shape index (κ1) is 13.4. The maximum atomic E-state index is 9.80. The lowest BCUT2D eigenvalue weighted by Gasteiger charge is -2.22. The van der Waals surface area contributed by atoms with Gasteiger partial charge in [0, 0.05) is 5.56 Å². The van der Waals surface area contributed by atoms with Crippen molar-refractivity contribution in [2.75, 3.05) is 0 Å². The molecule has 0 saturated carbocycles. The van der Waals surface area contributed by atoms with Crippen molar-refractivity contribution in [1.29, 1.82) is 0 Å². The Morgan fingerprint density at radius 1 is 0.895 bits per heavy atom. The van der Waals surface area contributed by atoms with Crippen molar-refractivity contribution in [3.63, 3.8) is 0 Å². The second-order valence-electron chi connectivity index (χ2n) is 4.24. The Morgan fingerprint density at radius 3 is 2.21 bits per heavy atom. The smallest absolute Gasteiger partial charge is 0.162 e. The summed E-state index contributed by atoms with van der Waals surface area (Å²) in [4.78, 5) is 0. The highest BCUT2D eigenvalue weighted by molar-refractivity contribution is 5.46. The first-order valence-electron chi connectivity index (χ1n) is 5.81. The molecular weight excluding hydrogens is 246 g/mol. The first-order chi connectivity index (χ1) is 9.09. The van der Waals surface area contributed by atoms with Gasteiger partial charge in [-0.15, -0.1) is 0 Å². The highest BCUT2D eigenvalue weighted by Gasteiger charge is 2.22. The van der Waals surface area contributed by atoms with Crippen LogP contribution in [-0.4, -0.2) is 25.9 Å². The summed E-state index contributed by atoms with van der Waals surface area (Å²) in [5.41, 5.74) is 1.12. The molecule has 1 atom stereocenters. The Balaban J connectivity index is 2.33. The summed E-state index contributed by atoms with van der Waals surface area (Å²) in [7, 11) is 0. The summed E-state index contributed by atoms with van der Waals surface area (Å²) in [6, 6.07) is 12.8. The third-order valence-electron chi connectivity index (χ3n) is 2.96. The van der Waals surface area contributed by atoms with Gasteiger partial charge >= 0.3 is 0 Å². The number of rotatable bonds is 4. The minimum atomic E-state index is -0.866. The summed E-state index contributed by atoms with van der Waals surface area (Å²) < 4.78 is 0. The topological polar surface area (TPSA) is 84.2 Å².